The van der Waals surface area contributed by atoms with Crippen molar-refractivity contribution in [2.24, 2.45) is 10.8 Å². The van der Waals surface area contributed by atoms with E-state index < -0.39 is 0 Å². The zero-order valence-corrected chi connectivity index (χ0v) is 36.0. The largest absolute Gasteiger partial charge is 0.456 e. The van der Waals surface area contributed by atoms with Gasteiger partial charge < -0.3 is 18.6 Å². The molecule has 7 aromatic carbocycles. The predicted octanol–water partition coefficient (Wildman–Crippen LogP) is 13.2. The molecule has 2 aromatic heterocycles. The van der Waals surface area contributed by atoms with Gasteiger partial charge in [0, 0.05) is 56.0 Å². The minimum atomic E-state index is 0.0887. The lowest BCUT2D eigenvalue weighted by Crippen LogP contribution is -2.62. The molecule has 0 fully saturated rings. The number of anilines is 6. The van der Waals surface area contributed by atoms with E-state index in [1.165, 1.54) is 78.3 Å². The highest BCUT2D eigenvalue weighted by atomic mass is 16.3. The maximum atomic E-state index is 6.36. The fourth-order valence-electron chi connectivity index (χ4n) is 11.7. The number of fused-ring (bicyclic) bond motifs is 10. The average molecular weight is 803 g/mol. The van der Waals surface area contributed by atoms with E-state index in [-0.39, 0.29) is 17.5 Å². The van der Waals surface area contributed by atoms with Crippen molar-refractivity contribution in [2.75, 3.05) is 9.80 Å². The van der Waals surface area contributed by atoms with Crippen LogP contribution in [0.15, 0.2) is 154 Å². The molecule has 13 rings (SSSR count). The van der Waals surface area contributed by atoms with Crippen molar-refractivity contribution in [1.82, 2.24) is 0 Å². The molecule has 62 heavy (non-hydrogen) atoms. The Morgan fingerprint density at radius 3 is 1.35 bits per heavy atom. The molecular formula is C57H47BN2O2. The molecule has 0 saturated carbocycles. The SMILES string of the molecule is Cc1cc2c3c(c1)N(c1ccc(-c4cc5ccccc5o4)cc1)c1c(ccc4c1CC(C)(C)C4)B3c1ccc3c(c1N2c1ccc(-c2cc4ccccc4o2)cc1)CC(C)(C)C3. The van der Waals surface area contributed by atoms with Gasteiger partial charge in [0.25, 0.3) is 6.71 Å². The third kappa shape index (κ3) is 5.33. The molecule has 2 aliphatic heterocycles. The van der Waals surface area contributed by atoms with Gasteiger partial charge in [0.1, 0.15) is 22.7 Å². The number of benzene rings is 7. The number of rotatable bonds is 4. The normalized spacial score (nSPS) is 16.4. The van der Waals surface area contributed by atoms with Crippen LogP contribution >= 0.6 is 0 Å². The van der Waals surface area contributed by atoms with Gasteiger partial charge in [0.15, 0.2) is 0 Å². The molecule has 4 aliphatic rings. The first-order chi connectivity index (χ1) is 30.1. The summed E-state index contributed by atoms with van der Waals surface area (Å²) in [6, 6.07) is 53.8. The number of furan rings is 2. The van der Waals surface area contributed by atoms with Crippen molar-refractivity contribution in [1.29, 1.82) is 0 Å². The lowest BCUT2D eigenvalue weighted by Gasteiger charge is -2.45. The topological polar surface area (TPSA) is 32.8 Å². The molecule has 5 heteroatoms. The molecule has 9 aromatic rings. The third-order valence-corrected chi connectivity index (χ3v) is 14.3. The molecule has 2 aliphatic carbocycles. The van der Waals surface area contributed by atoms with E-state index in [1.54, 1.807) is 0 Å². The second-order valence-corrected chi connectivity index (χ2v) is 20.0. The average Bonchev–Trinajstić information content (AvgIpc) is 4.04. The first kappa shape index (κ1) is 36.0. The second-order valence-electron chi connectivity index (χ2n) is 20.0. The van der Waals surface area contributed by atoms with Gasteiger partial charge in [-0.25, -0.2) is 0 Å². The summed E-state index contributed by atoms with van der Waals surface area (Å²) in [6.07, 6.45) is 4.27. The Morgan fingerprint density at radius 1 is 0.484 bits per heavy atom. The van der Waals surface area contributed by atoms with Gasteiger partial charge in [0.05, 0.1) is 0 Å². The molecule has 0 atom stereocenters. The van der Waals surface area contributed by atoms with Crippen LogP contribution in [0.2, 0.25) is 0 Å². The van der Waals surface area contributed by atoms with Gasteiger partial charge >= 0.3 is 0 Å². The first-order valence-corrected chi connectivity index (χ1v) is 22.3. The smallest absolute Gasteiger partial charge is 0.252 e. The highest BCUT2D eigenvalue weighted by Crippen LogP contribution is 2.52. The van der Waals surface area contributed by atoms with Gasteiger partial charge in [-0.1, -0.05) is 88.4 Å². The Labute approximate surface area is 363 Å². The number of para-hydroxylation sites is 2. The van der Waals surface area contributed by atoms with E-state index in [2.05, 4.69) is 166 Å². The van der Waals surface area contributed by atoms with E-state index in [0.29, 0.717) is 0 Å². The third-order valence-electron chi connectivity index (χ3n) is 14.3. The van der Waals surface area contributed by atoms with Crippen LogP contribution in [0.4, 0.5) is 34.1 Å². The quantitative estimate of drug-likeness (QED) is 0.166. The summed E-state index contributed by atoms with van der Waals surface area (Å²) in [5, 5.41) is 2.24. The summed E-state index contributed by atoms with van der Waals surface area (Å²) in [5.74, 6) is 1.78. The van der Waals surface area contributed by atoms with E-state index in [1.807, 2.05) is 24.3 Å². The number of aryl methyl sites for hydroxylation is 1. The van der Waals surface area contributed by atoms with Crippen molar-refractivity contribution in [3.8, 4) is 22.6 Å². The summed E-state index contributed by atoms with van der Waals surface area (Å²) in [7, 11) is 0. The lowest BCUT2D eigenvalue weighted by atomic mass is 9.33. The fraction of sp³-hybridized carbons (Fsp3) is 0.193. The standard InChI is InChI=1S/C57H47BN2O2/c1-34-26-47-53-48(27-34)60(42-22-16-36(17-23-42)52-29-38-11-7-9-13-50(38)62-52)55-44-33-57(4,5)31-40(44)19-25-46(55)58(53)45-24-18-39-30-56(2,3)32-43(39)54(45)59(47)41-20-14-35(15-21-41)51-28-37-10-6-8-12-49(37)61-51/h6-29H,30-33H2,1-5H3. The molecule has 0 saturated heterocycles. The summed E-state index contributed by atoms with van der Waals surface area (Å²) >= 11 is 0. The lowest BCUT2D eigenvalue weighted by molar-refractivity contribution is 0.392. The van der Waals surface area contributed by atoms with Crippen molar-refractivity contribution in [3.63, 3.8) is 0 Å². The highest BCUT2D eigenvalue weighted by molar-refractivity contribution is 7.00. The zero-order valence-electron chi connectivity index (χ0n) is 36.0. The van der Waals surface area contributed by atoms with Crippen LogP contribution in [0, 0.1) is 17.8 Å². The van der Waals surface area contributed by atoms with Crippen molar-refractivity contribution in [3.05, 3.63) is 173 Å². The minimum Gasteiger partial charge on any atom is -0.456 e. The van der Waals surface area contributed by atoms with Crippen molar-refractivity contribution >= 4 is 79.2 Å². The molecule has 4 heterocycles. The number of hydrogen-bond acceptors (Lipinski definition) is 4. The summed E-state index contributed by atoms with van der Waals surface area (Å²) < 4.78 is 12.7. The fourth-order valence-corrected chi connectivity index (χ4v) is 11.7. The van der Waals surface area contributed by atoms with Crippen molar-refractivity contribution < 1.29 is 8.83 Å². The molecule has 0 N–H and O–H groups in total. The molecular weight excluding hydrogens is 755 g/mol. The van der Waals surface area contributed by atoms with Crippen LogP contribution < -0.4 is 26.2 Å². The van der Waals surface area contributed by atoms with Gasteiger partial charge in [-0.3, -0.25) is 0 Å². The Hall–Kier alpha value is -6.72. The second kappa shape index (κ2) is 12.7. The molecule has 0 spiro atoms. The maximum Gasteiger partial charge on any atom is 0.252 e. The van der Waals surface area contributed by atoms with E-state index in [0.717, 1.165) is 70.3 Å². The molecule has 0 unspecified atom stereocenters. The Balaban J connectivity index is 1.03. The maximum absolute atomic E-state index is 6.36. The molecule has 4 nitrogen and oxygen atoms in total. The number of hydrogen-bond donors (Lipinski definition) is 0. The van der Waals surface area contributed by atoms with Gasteiger partial charge in [-0.2, -0.15) is 0 Å². The van der Waals surface area contributed by atoms with Crippen LogP contribution in [0.3, 0.4) is 0 Å². The number of nitrogens with zero attached hydrogens (tertiary/aromatic N) is 2. The predicted molar refractivity (Wildman–Crippen MR) is 258 cm³/mol. The van der Waals surface area contributed by atoms with E-state index >= 15 is 0 Å². The monoisotopic (exact) mass is 802 g/mol. The molecule has 0 radical (unpaired) electrons. The van der Waals surface area contributed by atoms with Crippen LogP contribution in [-0.2, 0) is 25.7 Å². The minimum absolute atomic E-state index is 0.0887. The molecule has 0 amide bonds. The zero-order chi connectivity index (χ0) is 41.6. The van der Waals surface area contributed by atoms with Crippen LogP contribution in [-0.4, -0.2) is 6.71 Å². The summed E-state index contributed by atoms with van der Waals surface area (Å²) in [5.41, 5.74) is 23.3. The van der Waals surface area contributed by atoms with Gasteiger partial charge in [-0.05, 0) is 173 Å². The Bertz CT molecular complexity index is 3050. The van der Waals surface area contributed by atoms with Gasteiger partial charge in [-0.15, -0.1) is 0 Å². The molecule has 0 bridgehead atoms. The van der Waals surface area contributed by atoms with Crippen LogP contribution in [0.25, 0.3) is 44.6 Å². The Morgan fingerprint density at radius 2 is 0.919 bits per heavy atom. The molecule has 300 valence electrons. The highest BCUT2D eigenvalue weighted by Gasteiger charge is 2.47. The summed E-state index contributed by atoms with van der Waals surface area (Å²) in [6.45, 7) is 12.1. The van der Waals surface area contributed by atoms with E-state index in [9.17, 15) is 0 Å². The Kier molecular flexibility index (Phi) is 7.36. The van der Waals surface area contributed by atoms with E-state index in [4.69, 9.17) is 8.83 Å². The summed E-state index contributed by atoms with van der Waals surface area (Å²) in [4.78, 5) is 5.23. The van der Waals surface area contributed by atoms with Crippen molar-refractivity contribution in [2.45, 2.75) is 60.3 Å². The van der Waals surface area contributed by atoms with Crippen LogP contribution in [0.1, 0.15) is 55.5 Å². The first-order valence-electron chi connectivity index (χ1n) is 22.3. The van der Waals surface area contributed by atoms with Crippen LogP contribution in [0.5, 0.6) is 0 Å². The van der Waals surface area contributed by atoms with Gasteiger partial charge in [0.2, 0.25) is 0 Å².